The molecule has 1 saturated carbocycles. The predicted octanol–water partition coefficient (Wildman–Crippen LogP) is 4.97. The van der Waals surface area contributed by atoms with Gasteiger partial charge in [0.05, 0.1) is 0 Å². The SMILES string of the molecule is C=C1C(C)=C(CC)C2CC1C2(C)C.CC. The van der Waals surface area contributed by atoms with Gasteiger partial charge in [0.25, 0.3) is 0 Å². The van der Waals surface area contributed by atoms with Crippen LogP contribution < -0.4 is 0 Å². The molecule has 3 aliphatic rings. The van der Waals surface area contributed by atoms with Crippen LogP contribution in [0.4, 0.5) is 0 Å². The van der Waals surface area contributed by atoms with E-state index in [1.165, 1.54) is 24.0 Å². The van der Waals surface area contributed by atoms with E-state index in [4.69, 9.17) is 0 Å². The Balaban J connectivity index is 0.000000531. The van der Waals surface area contributed by atoms with Gasteiger partial charge in [0.15, 0.2) is 0 Å². The van der Waals surface area contributed by atoms with Crippen molar-refractivity contribution in [3.8, 4) is 0 Å². The molecule has 0 saturated heterocycles. The number of hydrogen-bond acceptors (Lipinski definition) is 0. The summed E-state index contributed by atoms with van der Waals surface area (Å²) >= 11 is 0. The highest BCUT2D eigenvalue weighted by Gasteiger charge is 2.53. The molecule has 0 heterocycles. The largest absolute Gasteiger partial charge is 0.0953 e. The van der Waals surface area contributed by atoms with Gasteiger partial charge >= 0.3 is 0 Å². The van der Waals surface area contributed by atoms with Gasteiger partial charge < -0.3 is 0 Å². The van der Waals surface area contributed by atoms with Gasteiger partial charge in [-0.2, -0.15) is 0 Å². The van der Waals surface area contributed by atoms with Crippen LogP contribution in [0.5, 0.6) is 0 Å². The fourth-order valence-corrected chi connectivity index (χ4v) is 3.35. The average Bonchev–Trinajstić information content (AvgIpc) is 2.23. The van der Waals surface area contributed by atoms with Gasteiger partial charge in [0.2, 0.25) is 0 Å². The van der Waals surface area contributed by atoms with Crippen LogP contribution in [0.3, 0.4) is 0 Å². The molecular formula is C15H26. The molecule has 86 valence electrons. The van der Waals surface area contributed by atoms with Crippen LogP contribution in [0, 0.1) is 17.3 Å². The second-order valence-electron chi connectivity index (χ2n) is 5.19. The van der Waals surface area contributed by atoms with Crippen LogP contribution in [0.15, 0.2) is 23.3 Å². The number of fused-ring (bicyclic) bond motifs is 1. The fourth-order valence-electron chi connectivity index (χ4n) is 3.35. The molecule has 0 aromatic rings. The van der Waals surface area contributed by atoms with Crippen LogP contribution >= 0.6 is 0 Å². The van der Waals surface area contributed by atoms with Crippen molar-refractivity contribution >= 4 is 0 Å². The molecule has 2 bridgehead atoms. The maximum Gasteiger partial charge on any atom is -0.0102 e. The molecule has 0 aromatic carbocycles. The predicted molar refractivity (Wildman–Crippen MR) is 68.9 cm³/mol. The van der Waals surface area contributed by atoms with Gasteiger partial charge in [-0.3, -0.25) is 0 Å². The summed E-state index contributed by atoms with van der Waals surface area (Å²) in [5.74, 6) is 1.63. The van der Waals surface area contributed by atoms with Gasteiger partial charge in [0.1, 0.15) is 0 Å². The second kappa shape index (κ2) is 4.15. The molecule has 0 N–H and O–H groups in total. The average molecular weight is 206 g/mol. The van der Waals surface area contributed by atoms with E-state index in [1.54, 1.807) is 5.57 Å². The summed E-state index contributed by atoms with van der Waals surface area (Å²) in [5, 5.41) is 0. The quantitative estimate of drug-likeness (QED) is 0.568. The highest BCUT2D eigenvalue weighted by Crippen LogP contribution is 2.63. The first-order valence-electron chi connectivity index (χ1n) is 6.39. The fraction of sp³-hybridized carbons (Fsp3) is 0.733. The minimum atomic E-state index is 0.502. The van der Waals surface area contributed by atoms with Crippen molar-refractivity contribution in [3.63, 3.8) is 0 Å². The van der Waals surface area contributed by atoms with Crippen LogP contribution in [0.2, 0.25) is 0 Å². The summed E-state index contributed by atoms with van der Waals surface area (Å²) in [4.78, 5) is 0. The van der Waals surface area contributed by atoms with E-state index in [2.05, 4.69) is 34.3 Å². The molecule has 0 amide bonds. The zero-order chi connectivity index (χ0) is 11.8. The van der Waals surface area contributed by atoms with E-state index in [9.17, 15) is 0 Å². The highest BCUT2D eigenvalue weighted by molar-refractivity contribution is 5.45. The number of hydrogen-bond donors (Lipinski definition) is 0. The molecule has 3 aliphatic carbocycles. The standard InChI is InChI=1S/C13H20.C2H6/c1-6-10-8(2)9(3)11-7-12(10)13(11,4)5;1-2/h11-12H,3,6-7H2,1-2,4-5H3;1-2H3. The Kier molecular flexibility index (Phi) is 3.48. The molecule has 15 heavy (non-hydrogen) atoms. The zero-order valence-corrected chi connectivity index (χ0v) is 11.3. The normalized spacial score (nSPS) is 31.7. The van der Waals surface area contributed by atoms with Crippen molar-refractivity contribution in [2.24, 2.45) is 17.3 Å². The van der Waals surface area contributed by atoms with Crippen molar-refractivity contribution in [2.45, 2.75) is 54.4 Å². The van der Waals surface area contributed by atoms with E-state index in [0.29, 0.717) is 5.41 Å². The first kappa shape index (κ1) is 12.5. The number of allylic oxidation sites excluding steroid dienone is 3. The van der Waals surface area contributed by atoms with Crippen LogP contribution in [0.25, 0.3) is 0 Å². The minimum Gasteiger partial charge on any atom is -0.0953 e. The molecule has 0 aromatic heterocycles. The first-order valence-corrected chi connectivity index (χ1v) is 6.39. The van der Waals surface area contributed by atoms with Crippen molar-refractivity contribution in [1.29, 1.82) is 0 Å². The third-order valence-corrected chi connectivity index (χ3v) is 4.45. The molecule has 2 atom stereocenters. The van der Waals surface area contributed by atoms with Crippen LogP contribution in [-0.2, 0) is 0 Å². The Labute approximate surface area is 95.5 Å². The Morgan fingerprint density at radius 1 is 1.27 bits per heavy atom. The molecule has 0 aliphatic heterocycles. The van der Waals surface area contributed by atoms with Crippen LogP contribution in [0.1, 0.15) is 54.4 Å². The van der Waals surface area contributed by atoms with Gasteiger partial charge in [-0.15, -0.1) is 0 Å². The topological polar surface area (TPSA) is 0 Å². The third kappa shape index (κ3) is 1.58. The summed E-state index contributed by atoms with van der Waals surface area (Å²) in [6.45, 7) is 17.6. The Morgan fingerprint density at radius 2 is 1.80 bits per heavy atom. The van der Waals surface area contributed by atoms with E-state index >= 15 is 0 Å². The molecular weight excluding hydrogens is 180 g/mol. The van der Waals surface area contributed by atoms with E-state index in [0.717, 1.165) is 11.8 Å². The monoisotopic (exact) mass is 206 g/mol. The molecule has 0 heteroatoms. The molecule has 0 nitrogen and oxygen atoms in total. The summed E-state index contributed by atoms with van der Waals surface area (Å²) in [6, 6.07) is 0. The van der Waals surface area contributed by atoms with Crippen molar-refractivity contribution in [1.82, 2.24) is 0 Å². The lowest BCUT2D eigenvalue weighted by Gasteiger charge is -2.58. The highest BCUT2D eigenvalue weighted by atomic mass is 14.6. The molecule has 2 unspecified atom stereocenters. The molecule has 0 radical (unpaired) electrons. The van der Waals surface area contributed by atoms with Gasteiger partial charge in [0, 0.05) is 0 Å². The first-order chi connectivity index (χ1) is 7.00. The van der Waals surface area contributed by atoms with Crippen molar-refractivity contribution < 1.29 is 0 Å². The van der Waals surface area contributed by atoms with Gasteiger partial charge in [-0.25, -0.2) is 0 Å². The summed E-state index contributed by atoms with van der Waals surface area (Å²) in [7, 11) is 0. The second-order valence-corrected chi connectivity index (χ2v) is 5.19. The van der Waals surface area contributed by atoms with E-state index in [1.807, 2.05) is 13.8 Å². The lowest BCUT2D eigenvalue weighted by Crippen LogP contribution is -2.50. The van der Waals surface area contributed by atoms with Gasteiger partial charge in [-0.05, 0) is 48.2 Å². The van der Waals surface area contributed by atoms with E-state index < -0.39 is 0 Å². The van der Waals surface area contributed by atoms with Gasteiger partial charge in [-0.1, -0.05) is 46.8 Å². The molecule has 0 spiro atoms. The smallest absolute Gasteiger partial charge is 0.0102 e. The third-order valence-electron chi connectivity index (χ3n) is 4.45. The summed E-state index contributed by atoms with van der Waals surface area (Å²) < 4.78 is 0. The summed E-state index contributed by atoms with van der Waals surface area (Å²) in [5.41, 5.74) is 5.12. The molecule has 3 rings (SSSR count). The molecule has 1 fully saturated rings. The maximum absolute atomic E-state index is 4.25. The lowest BCUT2D eigenvalue weighted by molar-refractivity contribution is 0.0192. The zero-order valence-electron chi connectivity index (χ0n) is 11.3. The van der Waals surface area contributed by atoms with Crippen molar-refractivity contribution in [2.75, 3.05) is 0 Å². The van der Waals surface area contributed by atoms with E-state index in [-0.39, 0.29) is 0 Å². The Bertz CT molecular complexity index is 291. The lowest BCUT2D eigenvalue weighted by atomic mass is 9.46. The number of rotatable bonds is 1. The Hall–Kier alpha value is -0.520. The summed E-state index contributed by atoms with van der Waals surface area (Å²) in [6.07, 6.45) is 2.58. The minimum absolute atomic E-state index is 0.502. The van der Waals surface area contributed by atoms with Crippen LogP contribution in [-0.4, -0.2) is 0 Å². The maximum atomic E-state index is 4.25. The Morgan fingerprint density at radius 3 is 2.20 bits per heavy atom. The van der Waals surface area contributed by atoms with Crippen molar-refractivity contribution in [3.05, 3.63) is 23.3 Å².